The van der Waals surface area contributed by atoms with Crippen LogP contribution in [-0.4, -0.2) is 35.6 Å². The van der Waals surface area contributed by atoms with E-state index in [0.29, 0.717) is 22.5 Å². The SMILES string of the molecule is O=C(O)c1ccc2c(c1)N(CCF)C(C(O)(c1ccccc1)c1ccccc1)N2. The van der Waals surface area contributed by atoms with Gasteiger partial charge in [0, 0.05) is 6.54 Å². The van der Waals surface area contributed by atoms with Crippen LogP contribution in [0, 0.1) is 0 Å². The average Bonchev–Trinajstić information content (AvgIpc) is 3.13. The Kier molecular flexibility index (Phi) is 4.94. The van der Waals surface area contributed by atoms with Crippen LogP contribution in [0.3, 0.4) is 0 Å². The van der Waals surface area contributed by atoms with Gasteiger partial charge < -0.3 is 20.4 Å². The zero-order valence-electron chi connectivity index (χ0n) is 15.6. The molecule has 0 aromatic heterocycles. The van der Waals surface area contributed by atoms with E-state index in [0.717, 1.165) is 0 Å². The van der Waals surface area contributed by atoms with Gasteiger partial charge in [-0.1, -0.05) is 60.7 Å². The Labute approximate surface area is 168 Å². The highest BCUT2D eigenvalue weighted by Crippen LogP contribution is 2.44. The predicted octanol–water partition coefficient (Wildman–Crippen LogP) is 3.85. The molecule has 1 heterocycles. The van der Waals surface area contributed by atoms with E-state index >= 15 is 0 Å². The van der Waals surface area contributed by atoms with E-state index in [9.17, 15) is 19.4 Å². The van der Waals surface area contributed by atoms with Gasteiger partial charge in [-0.15, -0.1) is 0 Å². The number of fused-ring (bicyclic) bond motifs is 1. The number of halogens is 1. The van der Waals surface area contributed by atoms with Crippen LogP contribution in [0.2, 0.25) is 0 Å². The maximum absolute atomic E-state index is 13.5. The largest absolute Gasteiger partial charge is 0.478 e. The first-order valence-electron chi connectivity index (χ1n) is 9.35. The lowest BCUT2D eigenvalue weighted by Gasteiger charge is -2.40. The molecule has 3 N–H and O–H groups in total. The molecule has 1 unspecified atom stereocenters. The molecule has 148 valence electrons. The van der Waals surface area contributed by atoms with Gasteiger partial charge in [0.2, 0.25) is 0 Å². The highest BCUT2D eigenvalue weighted by atomic mass is 19.1. The smallest absolute Gasteiger partial charge is 0.335 e. The van der Waals surface area contributed by atoms with Gasteiger partial charge >= 0.3 is 5.97 Å². The second-order valence-corrected chi connectivity index (χ2v) is 6.96. The zero-order valence-corrected chi connectivity index (χ0v) is 15.6. The molecule has 1 aliphatic rings. The molecule has 0 spiro atoms. The number of aliphatic hydroxyl groups is 1. The molecule has 6 heteroatoms. The second-order valence-electron chi connectivity index (χ2n) is 6.96. The van der Waals surface area contributed by atoms with Gasteiger partial charge in [0.15, 0.2) is 5.60 Å². The van der Waals surface area contributed by atoms with E-state index in [1.165, 1.54) is 12.1 Å². The quantitative estimate of drug-likeness (QED) is 0.594. The minimum Gasteiger partial charge on any atom is -0.478 e. The fourth-order valence-electron chi connectivity index (χ4n) is 3.93. The fourth-order valence-corrected chi connectivity index (χ4v) is 3.93. The number of hydrogen-bond donors (Lipinski definition) is 3. The van der Waals surface area contributed by atoms with Gasteiger partial charge in [0.25, 0.3) is 0 Å². The molecular weight excluding hydrogens is 371 g/mol. The van der Waals surface area contributed by atoms with E-state index in [2.05, 4.69) is 5.32 Å². The summed E-state index contributed by atoms with van der Waals surface area (Å²) in [5.74, 6) is -1.06. The zero-order chi connectivity index (χ0) is 20.4. The lowest BCUT2D eigenvalue weighted by Crippen LogP contribution is -2.53. The number of anilines is 2. The number of hydrogen-bond acceptors (Lipinski definition) is 4. The highest BCUT2D eigenvalue weighted by Gasteiger charge is 2.47. The average molecular weight is 392 g/mol. The van der Waals surface area contributed by atoms with Gasteiger partial charge in [0.05, 0.1) is 16.9 Å². The van der Waals surface area contributed by atoms with Gasteiger partial charge in [-0.3, -0.25) is 0 Å². The Hall–Kier alpha value is -3.38. The Morgan fingerprint density at radius 2 is 1.59 bits per heavy atom. The highest BCUT2D eigenvalue weighted by molar-refractivity contribution is 5.92. The first-order valence-corrected chi connectivity index (χ1v) is 9.35. The van der Waals surface area contributed by atoms with E-state index in [1.54, 1.807) is 11.0 Å². The molecule has 0 bridgehead atoms. The van der Waals surface area contributed by atoms with Crippen LogP contribution < -0.4 is 10.2 Å². The van der Waals surface area contributed by atoms with Crippen molar-refractivity contribution in [2.45, 2.75) is 11.8 Å². The summed E-state index contributed by atoms with van der Waals surface area (Å²) in [5.41, 5.74) is 1.12. The number of nitrogens with zero attached hydrogens (tertiary/aromatic N) is 1. The standard InChI is InChI=1S/C23H21FN2O3/c24-13-14-26-20-15-16(21(27)28)11-12-19(20)25-22(26)23(29,17-7-3-1-4-8-17)18-9-5-2-6-10-18/h1-12,15,22,25,29H,13-14H2,(H,27,28). The molecule has 4 rings (SSSR count). The first kappa shape index (κ1) is 19.0. The molecule has 0 saturated carbocycles. The van der Waals surface area contributed by atoms with Crippen molar-refractivity contribution in [3.8, 4) is 0 Å². The number of aromatic carboxylic acids is 1. The lowest BCUT2D eigenvalue weighted by molar-refractivity contribution is 0.0591. The second kappa shape index (κ2) is 7.56. The van der Waals surface area contributed by atoms with E-state index in [4.69, 9.17) is 0 Å². The molecule has 1 atom stereocenters. The number of carbonyl (C=O) groups is 1. The minimum absolute atomic E-state index is 0.00964. The van der Waals surface area contributed by atoms with Crippen LogP contribution in [0.5, 0.6) is 0 Å². The van der Waals surface area contributed by atoms with Crippen molar-refractivity contribution >= 4 is 17.3 Å². The van der Waals surface area contributed by atoms with Crippen LogP contribution in [0.15, 0.2) is 78.9 Å². The van der Waals surface area contributed by atoms with Crippen molar-refractivity contribution in [1.82, 2.24) is 0 Å². The number of carboxylic acids is 1. The number of carboxylic acid groups (broad SMARTS) is 1. The summed E-state index contributed by atoms with van der Waals surface area (Å²) < 4.78 is 13.5. The topological polar surface area (TPSA) is 72.8 Å². The van der Waals surface area contributed by atoms with Crippen LogP contribution in [0.25, 0.3) is 0 Å². The molecule has 0 amide bonds. The van der Waals surface area contributed by atoms with Crippen molar-refractivity contribution in [1.29, 1.82) is 0 Å². The molecule has 3 aromatic carbocycles. The molecule has 29 heavy (non-hydrogen) atoms. The lowest BCUT2D eigenvalue weighted by atomic mass is 9.83. The number of benzene rings is 3. The van der Waals surface area contributed by atoms with Gasteiger partial charge in [-0.2, -0.15) is 0 Å². The van der Waals surface area contributed by atoms with Crippen molar-refractivity contribution in [2.24, 2.45) is 0 Å². The van der Waals surface area contributed by atoms with Crippen LogP contribution in [0.1, 0.15) is 21.5 Å². The summed E-state index contributed by atoms with van der Waals surface area (Å²) in [6.45, 7) is -0.635. The third-order valence-corrected chi connectivity index (χ3v) is 5.31. The monoisotopic (exact) mass is 392 g/mol. The third-order valence-electron chi connectivity index (χ3n) is 5.31. The van der Waals surface area contributed by atoms with Crippen LogP contribution in [0.4, 0.5) is 15.8 Å². The molecule has 0 aliphatic carbocycles. The molecule has 3 aromatic rings. The molecule has 0 fully saturated rings. The molecule has 1 aliphatic heterocycles. The van der Waals surface area contributed by atoms with Gasteiger partial charge in [-0.25, -0.2) is 9.18 Å². The van der Waals surface area contributed by atoms with Crippen molar-refractivity contribution in [3.63, 3.8) is 0 Å². The van der Waals surface area contributed by atoms with Gasteiger partial charge in [0.1, 0.15) is 12.8 Å². The Bertz CT molecular complexity index is 972. The molecule has 0 radical (unpaired) electrons. The fraction of sp³-hybridized carbons (Fsp3) is 0.174. The van der Waals surface area contributed by atoms with E-state index in [1.807, 2.05) is 60.7 Å². The first-order chi connectivity index (χ1) is 14.1. The minimum atomic E-state index is -1.50. The number of alkyl halides is 1. The van der Waals surface area contributed by atoms with Gasteiger partial charge in [-0.05, 0) is 29.3 Å². The molecular formula is C23H21FN2O3. The Morgan fingerprint density at radius 3 is 2.10 bits per heavy atom. The Balaban J connectivity index is 1.87. The Morgan fingerprint density at radius 1 is 1.00 bits per heavy atom. The van der Waals surface area contributed by atoms with Crippen LogP contribution in [-0.2, 0) is 5.60 Å². The maximum atomic E-state index is 13.5. The summed E-state index contributed by atoms with van der Waals surface area (Å²) in [6.07, 6.45) is -0.720. The summed E-state index contributed by atoms with van der Waals surface area (Å²) in [7, 11) is 0. The van der Waals surface area contributed by atoms with Crippen LogP contribution >= 0.6 is 0 Å². The third kappa shape index (κ3) is 3.21. The maximum Gasteiger partial charge on any atom is 0.335 e. The molecule has 0 saturated heterocycles. The summed E-state index contributed by atoms with van der Waals surface area (Å²) in [6, 6.07) is 23.1. The predicted molar refractivity (Wildman–Crippen MR) is 110 cm³/mol. The number of rotatable bonds is 6. The summed E-state index contributed by atoms with van der Waals surface area (Å²) in [5, 5.41) is 24.7. The normalized spacial score (nSPS) is 15.7. The van der Waals surface area contributed by atoms with Crippen molar-refractivity contribution < 1.29 is 19.4 Å². The summed E-state index contributed by atoms with van der Waals surface area (Å²) in [4.78, 5) is 13.1. The van der Waals surface area contributed by atoms with E-state index in [-0.39, 0.29) is 12.1 Å². The van der Waals surface area contributed by atoms with E-state index < -0.39 is 24.4 Å². The summed E-state index contributed by atoms with van der Waals surface area (Å²) >= 11 is 0. The molecule has 5 nitrogen and oxygen atoms in total. The number of nitrogens with one attached hydrogen (secondary N) is 1. The van der Waals surface area contributed by atoms with Crippen molar-refractivity contribution in [3.05, 3.63) is 95.6 Å². The van der Waals surface area contributed by atoms with Crippen molar-refractivity contribution in [2.75, 3.05) is 23.4 Å².